The fourth-order valence-corrected chi connectivity index (χ4v) is 3.50. The molecule has 0 spiro atoms. The lowest BCUT2D eigenvalue weighted by molar-refractivity contribution is 0.586. The second-order valence-corrected chi connectivity index (χ2v) is 7.80. The maximum absolute atomic E-state index is 4.72. The average molecular weight is 293 g/mol. The van der Waals surface area contributed by atoms with Crippen LogP contribution in [0.4, 0.5) is 0 Å². The molecular weight excluding hydrogens is 274 g/mol. The second kappa shape index (κ2) is 4.96. The molecule has 0 bridgehead atoms. The maximum atomic E-state index is 4.72. The lowest BCUT2D eigenvalue weighted by atomic mass is 9.98. The first-order valence-corrected chi connectivity index (χ1v) is 8.42. The summed E-state index contributed by atoms with van der Waals surface area (Å²) < 4.78 is 0. The molecule has 1 aliphatic rings. The van der Waals surface area contributed by atoms with Crippen molar-refractivity contribution in [2.24, 2.45) is 0 Å². The van der Waals surface area contributed by atoms with Gasteiger partial charge >= 0.3 is 0 Å². The van der Waals surface area contributed by atoms with E-state index in [1.165, 1.54) is 17.8 Å². The van der Waals surface area contributed by atoms with Crippen molar-refractivity contribution >= 4 is 22.7 Å². The van der Waals surface area contributed by atoms with Crippen molar-refractivity contribution in [3.63, 3.8) is 0 Å². The van der Waals surface area contributed by atoms with Crippen LogP contribution in [0.25, 0.3) is 10.7 Å². The van der Waals surface area contributed by atoms with Crippen LogP contribution in [0.15, 0.2) is 10.8 Å². The van der Waals surface area contributed by atoms with E-state index in [0.717, 1.165) is 29.0 Å². The molecule has 0 atom stereocenters. The van der Waals surface area contributed by atoms with E-state index >= 15 is 0 Å². The molecule has 3 rings (SSSR count). The largest absolute Gasteiger partial charge is 0.308 e. The summed E-state index contributed by atoms with van der Waals surface area (Å²) in [4.78, 5) is 9.39. The van der Waals surface area contributed by atoms with Crippen LogP contribution in [0.3, 0.4) is 0 Å². The predicted molar refractivity (Wildman–Crippen MR) is 81.8 cm³/mol. The standard InChI is InChI=1S/C14H19N3S2/c1-14(2,3)13-17-11(8-19-13)12-16-10(7-18-12)6-15-9-4-5-9/h7-9,15H,4-6H2,1-3H3. The quantitative estimate of drug-likeness (QED) is 0.931. The minimum absolute atomic E-state index is 0.122. The molecule has 1 N–H and O–H groups in total. The van der Waals surface area contributed by atoms with Crippen molar-refractivity contribution in [2.45, 2.75) is 51.6 Å². The summed E-state index contributed by atoms with van der Waals surface area (Å²) >= 11 is 3.42. The molecule has 2 heterocycles. The first-order valence-electron chi connectivity index (χ1n) is 6.66. The molecular formula is C14H19N3S2. The molecule has 1 saturated carbocycles. The Morgan fingerprint density at radius 3 is 2.63 bits per heavy atom. The molecule has 5 heteroatoms. The molecule has 0 unspecified atom stereocenters. The van der Waals surface area contributed by atoms with Crippen molar-refractivity contribution < 1.29 is 0 Å². The van der Waals surface area contributed by atoms with Gasteiger partial charge in [0.05, 0.1) is 10.7 Å². The number of nitrogens with zero attached hydrogens (tertiary/aromatic N) is 2. The van der Waals surface area contributed by atoms with Crippen molar-refractivity contribution in [3.05, 3.63) is 21.5 Å². The third kappa shape index (κ3) is 3.22. The van der Waals surface area contributed by atoms with Crippen molar-refractivity contribution in [1.29, 1.82) is 0 Å². The van der Waals surface area contributed by atoms with E-state index in [2.05, 4.69) is 41.8 Å². The molecule has 3 nitrogen and oxygen atoms in total. The lowest BCUT2D eigenvalue weighted by Crippen LogP contribution is -2.15. The van der Waals surface area contributed by atoms with Crippen LogP contribution >= 0.6 is 22.7 Å². The number of hydrogen-bond donors (Lipinski definition) is 1. The van der Waals surface area contributed by atoms with Crippen LogP contribution in [-0.2, 0) is 12.0 Å². The van der Waals surface area contributed by atoms with Crippen LogP contribution in [0.5, 0.6) is 0 Å². The topological polar surface area (TPSA) is 37.8 Å². The molecule has 2 aromatic rings. The minimum atomic E-state index is 0.122. The minimum Gasteiger partial charge on any atom is -0.308 e. The van der Waals surface area contributed by atoms with Gasteiger partial charge < -0.3 is 5.32 Å². The monoisotopic (exact) mass is 293 g/mol. The van der Waals surface area contributed by atoms with Gasteiger partial charge in [0.1, 0.15) is 10.7 Å². The zero-order valence-electron chi connectivity index (χ0n) is 11.6. The SMILES string of the molecule is CC(C)(C)c1nc(-c2nc(CNC3CC3)cs2)cs1. The van der Waals surface area contributed by atoms with Crippen molar-refractivity contribution in [2.75, 3.05) is 0 Å². The predicted octanol–water partition coefficient (Wildman–Crippen LogP) is 3.82. The maximum Gasteiger partial charge on any atom is 0.143 e. The Labute approximate surface area is 122 Å². The first-order chi connectivity index (χ1) is 9.02. The van der Waals surface area contributed by atoms with Gasteiger partial charge in [-0.3, -0.25) is 0 Å². The smallest absolute Gasteiger partial charge is 0.143 e. The van der Waals surface area contributed by atoms with Crippen LogP contribution < -0.4 is 5.32 Å². The van der Waals surface area contributed by atoms with Gasteiger partial charge in [-0.15, -0.1) is 22.7 Å². The van der Waals surface area contributed by atoms with Crippen molar-refractivity contribution in [1.82, 2.24) is 15.3 Å². The summed E-state index contributed by atoms with van der Waals surface area (Å²) in [7, 11) is 0. The third-order valence-electron chi connectivity index (χ3n) is 3.07. The fraction of sp³-hybridized carbons (Fsp3) is 0.571. The Kier molecular flexibility index (Phi) is 3.45. The third-order valence-corrected chi connectivity index (χ3v) is 5.25. The molecule has 1 fully saturated rings. The Morgan fingerprint density at radius 1 is 1.21 bits per heavy atom. The number of rotatable bonds is 4. The highest BCUT2D eigenvalue weighted by molar-refractivity contribution is 7.14. The van der Waals surface area contributed by atoms with Crippen LogP contribution in [0.1, 0.15) is 44.3 Å². The highest BCUT2D eigenvalue weighted by atomic mass is 32.1. The van der Waals surface area contributed by atoms with Gasteiger partial charge in [-0.2, -0.15) is 0 Å². The summed E-state index contributed by atoms with van der Waals surface area (Å²) in [5, 5.41) is 9.97. The van der Waals surface area contributed by atoms with Crippen LogP contribution in [0, 0.1) is 0 Å². The Morgan fingerprint density at radius 2 is 2.00 bits per heavy atom. The number of thiazole rings is 2. The summed E-state index contributed by atoms with van der Waals surface area (Å²) in [6.07, 6.45) is 2.63. The summed E-state index contributed by atoms with van der Waals surface area (Å²) in [6, 6.07) is 0.733. The molecule has 102 valence electrons. The van der Waals surface area contributed by atoms with Gasteiger partial charge in [0.15, 0.2) is 0 Å². The Bertz CT molecular complexity index is 561. The van der Waals surface area contributed by atoms with E-state index in [1.54, 1.807) is 22.7 Å². The molecule has 0 saturated heterocycles. The van der Waals surface area contributed by atoms with E-state index < -0.39 is 0 Å². The summed E-state index contributed by atoms with van der Waals surface area (Å²) in [6.45, 7) is 7.48. The molecule has 0 aromatic carbocycles. The number of aromatic nitrogens is 2. The first kappa shape index (κ1) is 13.2. The average Bonchev–Trinajstić information content (AvgIpc) is 2.87. The normalized spacial score (nSPS) is 15.9. The molecule has 2 aromatic heterocycles. The van der Waals surface area contributed by atoms with Gasteiger partial charge in [-0.05, 0) is 12.8 Å². The van der Waals surface area contributed by atoms with Gasteiger partial charge in [0.2, 0.25) is 0 Å². The molecule has 0 radical (unpaired) electrons. The zero-order chi connectivity index (χ0) is 13.5. The summed E-state index contributed by atoms with van der Waals surface area (Å²) in [5.74, 6) is 0. The van der Waals surface area contributed by atoms with Gasteiger partial charge in [-0.25, -0.2) is 9.97 Å². The number of nitrogens with one attached hydrogen (secondary N) is 1. The van der Waals surface area contributed by atoms with Gasteiger partial charge in [-0.1, -0.05) is 20.8 Å². The van der Waals surface area contributed by atoms with Crippen molar-refractivity contribution in [3.8, 4) is 10.7 Å². The van der Waals surface area contributed by atoms with Crippen LogP contribution in [-0.4, -0.2) is 16.0 Å². The zero-order valence-corrected chi connectivity index (χ0v) is 13.2. The van der Waals surface area contributed by atoms with Gasteiger partial charge in [0, 0.05) is 28.8 Å². The number of hydrogen-bond acceptors (Lipinski definition) is 5. The van der Waals surface area contributed by atoms with E-state index in [-0.39, 0.29) is 5.41 Å². The van der Waals surface area contributed by atoms with E-state index in [1.807, 2.05) is 0 Å². The van der Waals surface area contributed by atoms with E-state index in [4.69, 9.17) is 4.98 Å². The second-order valence-electron chi connectivity index (χ2n) is 6.09. The highest BCUT2D eigenvalue weighted by Crippen LogP contribution is 2.31. The Balaban J connectivity index is 1.72. The van der Waals surface area contributed by atoms with Crippen LogP contribution in [0.2, 0.25) is 0 Å². The summed E-state index contributed by atoms with van der Waals surface area (Å²) in [5.41, 5.74) is 2.28. The van der Waals surface area contributed by atoms with E-state index in [0.29, 0.717) is 0 Å². The lowest BCUT2D eigenvalue weighted by Gasteiger charge is -2.13. The molecule has 1 aliphatic carbocycles. The Hall–Kier alpha value is -0.780. The fourth-order valence-electron chi connectivity index (χ4n) is 1.76. The molecule has 0 aliphatic heterocycles. The molecule has 0 amide bonds. The highest BCUT2D eigenvalue weighted by Gasteiger charge is 2.21. The molecule has 19 heavy (non-hydrogen) atoms. The van der Waals surface area contributed by atoms with E-state index in [9.17, 15) is 0 Å². The van der Waals surface area contributed by atoms with Gasteiger partial charge in [0.25, 0.3) is 0 Å².